The van der Waals surface area contributed by atoms with Crippen molar-refractivity contribution in [2.24, 2.45) is 5.92 Å². The van der Waals surface area contributed by atoms with Gasteiger partial charge in [-0.25, -0.2) is 4.39 Å². The maximum Gasteiger partial charge on any atom is 0.257 e. The molecular formula is C25H25FN2OS. The minimum Gasteiger partial charge on any atom is -0.335 e. The van der Waals surface area contributed by atoms with Crippen LogP contribution >= 0.6 is 11.3 Å². The van der Waals surface area contributed by atoms with Gasteiger partial charge in [-0.15, -0.1) is 0 Å². The highest BCUT2D eigenvalue weighted by Crippen LogP contribution is 2.43. The second kappa shape index (κ2) is 8.32. The molecular weight excluding hydrogens is 395 g/mol. The van der Waals surface area contributed by atoms with E-state index in [0.29, 0.717) is 18.4 Å². The van der Waals surface area contributed by atoms with E-state index in [1.807, 2.05) is 11.0 Å². The number of fused-ring (bicyclic) bond motifs is 1. The third-order valence-electron chi connectivity index (χ3n) is 6.60. The molecule has 154 valence electrons. The molecule has 0 unspecified atom stereocenters. The first kappa shape index (κ1) is 19.5. The van der Waals surface area contributed by atoms with Gasteiger partial charge < -0.3 is 4.90 Å². The minimum atomic E-state index is -0.431. The zero-order valence-electron chi connectivity index (χ0n) is 16.8. The highest BCUT2D eigenvalue weighted by atomic mass is 32.1. The summed E-state index contributed by atoms with van der Waals surface area (Å²) in [5.74, 6) is 0.0696. The van der Waals surface area contributed by atoms with Crippen molar-refractivity contribution in [1.29, 1.82) is 0 Å². The topological polar surface area (TPSA) is 23.6 Å². The van der Waals surface area contributed by atoms with Crippen molar-refractivity contribution in [2.75, 3.05) is 19.6 Å². The molecule has 3 atom stereocenters. The average Bonchev–Trinajstić information content (AvgIpc) is 3.42. The number of hydrogen-bond acceptors (Lipinski definition) is 3. The van der Waals surface area contributed by atoms with Crippen LogP contribution in [0.25, 0.3) is 0 Å². The lowest BCUT2D eigenvalue weighted by molar-refractivity contribution is 0.0609. The van der Waals surface area contributed by atoms with Crippen LogP contribution < -0.4 is 0 Å². The van der Waals surface area contributed by atoms with E-state index in [4.69, 9.17) is 0 Å². The standard InChI is InChI=1S/C25H25FN2OS/c26-23-9-5-4-8-20(23)25(29)28-16-21(19-11-13-30-17-19)22-15-27(12-10-24(22)28)14-18-6-2-1-3-7-18/h1-9,11,13,17,21-22,24H,10,12,14-16H2/t21-,22-,24-/m1/s1. The van der Waals surface area contributed by atoms with Gasteiger partial charge in [-0.1, -0.05) is 42.5 Å². The molecule has 3 nitrogen and oxygen atoms in total. The molecule has 2 saturated heterocycles. The van der Waals surface area contributed by atoms with E-state index in [2.05, 4.69) is 46.0 Å². The average molecular weight is 421 g/mol. The molecule has 1 amide bonds. The van der Waals surface area contributed by atoms with Crippen LogP contribution in [0.15, 0.2) is 71.4 Å². The lowest BCUT2D eigenvalue weighted by Crippen LogP contribution is -2.47. The van der Waals surface area contributed by atoms with Gasteiger partial charge in [-0.3, -0.25) is 9.69 Å². The predicted molar refractivity (Wildman–Crippen MR) is 118 cm³/mol. The fraction of sp³-hybridized carbons (Fsp3) is 0.320. The largest absolute Gasteiger partial charge is 0.335 e. The van der Waals surface area contributed by atoms with E-state index in [9.17, 15) is 9.18 Å². The van der Waals surface area contributed by atoms with Crippen LogP contribution in [0, 0.1) is 11.7 Å². The SMILES string of the molecule is O=C(c1ccccc1F)N1C[C@H](c2ccsc2)[C@H]2CN(Cc3ccccc3)CC[C@H]21. The zero-order chi connectivity index (χ0) is 20.5. The maximum atomic E-state index is 14.3. The highest BCUT2D eigenvalue weighted by molar-refractivity contribution is 7.08. The van der Waals surface area contributed by atoms with Crippen molar-refractivity contribution >= 4 is 17.2 Å². The summed E-state index contributed by atoms with van der Waals surface area (Å²) in [6.07, 6.45) is 0.929. The van der Waals surface area contributed by atoms with E-state index in [1.165, 1.54) is 17.2 Å². The quantitative estimate of drug-likeness (QED) is 0.592. The Morgan fingerprint density at radius 3 is 2.60 bits per heavy atom. The molecule has 0 bridgehead atoms. The molecule has 30 heavy (non-hydrogen) atoms. The van der Waals surface area contributed by atoms with Crippen LogP contribution in [0.5, 0.6) is 0 Å². The molecule has 2 aliphatic heterocycles. The molecule has 0 radical (unpaired) electrons. The lowest BCUT2D eigenvalue weighted by atomic mass is 9.82. The van der Waals surface area contributed by atoms with Crippen LogP contribution in [0.2, 0.25) is 0 Å². The first-order valence-corrected chi connectivity index (χ1v) is 11.5. The number of benzene rings is 2. The highest BCUT2D eigenvalue weighted by Gasteiger charge is 2.47. The summed E-state index contributed by atoms with van der Waals surface area (Å²) in [5.41, 5.74) is 2.81. The van der Waals surface area contributed by atoms with Crippen LogP contribution in [0.3, 0.4) is 0 Å². The predicted octanol–water partition coefficient (Wildman–Crippen LogP) is 5.02. The summed E-state index contributed by atoms with van der Waals surface area (Å²) < 4.78 is 14.3. The van der Waals surface area contributed by atoms with Crippen LogP contribution in [-0.2, 0) is 6.54 Å². The van der Waals surface area contributed by atoms with Gasteiger partial charge in [-0.2, -0.15) is 11.3 Å². The number of likely N-dealkylation sites (tertiary alicyclic amines) is 2. The lowest BCUT2D eigenvalue weighted by Gasteiger charge is -2.39. The van der Waals surface area contributed by atoms with Crippen molar-refractivity contribution in [3.63, 3.8) is 0 Å². The van der Waals surface area contributed by atoms with Gasteiger partial charge in [0.15, 0.2) is 0 Å². The number of thiophene rings is 1. The van der Waals surface area contributed by atoms with Crippen LogP contribution in [-0.4, -0.2) is 41.4 Å². The van der Waals surface area contributed by atoms with Gasteiger partial charge in [0, 0.05) is 44.1 Å². The van der Waals surface area contributed by atoms with Crippen LogP contribution in [0.4, 0.5) is 4.39 Å². The molecule has 0 N–H and O–H groups in total. The Bertz CT molecular complexity index is 1010. The summed E-state index contributed by atoms with van der Waals surface area (Å²) in [7, 11) is 0. The van der Waals surface area contributed by atoms with Gasteiger partial charge in [0.25, 0.3) is 5.91 Å². The van der Waals surface area contributed by atoms with Crippen molar-refractivity contribution in [3.05, 3.63) is 93.9 Å². The van der Waals surface area contributed by atoms with Gasteiger partial charge >= 0.3 is 0 Å². The summed E-state index contributed by atoms with van der Waals surface area (Å²) in [5, 5.41) is 4.31. The molecule has 2 aromatic carbocycles. The summed E-state index contributed by atoms with van der Waals surface area (Å²) in [6.45, 7) is 3.51. The zero-order valence-corrected chi connectivity index (χ0v) is 17.6. The summed E-state index contributed by atoms with van der Waals surface area (Å²) in [6, 6.07) is 19.3. The maximum absolute atomic E-state index is 14.3. The van der Waals surface area contributed by atoms with Gasteiger partial charge in [-0.05, 0) is 46.5 Å². The first-order chi connectivity index (χ1) is 14.7. The number of hydrogen-bond donors (Lipinski definition) is 0. The Labute approximate surface area is 180 Å². The fourth-order valence-corrected chi connectivity index (χ4v) is 5.88. The second-order valence-corrected chi connectivity index (χ2v) is 9.12. The van der Waals surface area contributed by atoms with E-state index < -0.39 is 5.82 Å². The molecule has 5 rings (SSSR count). The van der Waals surface area contributed by atoms with E-state index >= 15 is 0 Å². The van der Waals surface area contributed by atoms with Gasteiger partial charge in [0.1, 0.15) is 5.82 Å². The normalized spacial score (nSPS) is 24.0. The monoisotopic (exact) mass is 420 g/mol. The minimum absolute atomic E-state index is 0.161. The van der Waals surface area contributed by atoms with Gasteiger partial charge in [0.05, 0.1) is 5.56 Å². The van der Waals surface area contributed by atoms with Gasteiger partial charge in [0.2, 0.25) is 0 Å². The fourth-order valence-electron chi connectivity index (χ4n) is 5.15. The molecule has 2 fully saturated rings. The van der Waals surface area contributed by atoms with Crippen LogP contribution in [0.1, 0.15) is 33.8 Å². The number of piperidine rings is 1. The Morgan fingerprint density at radius 2 is 1.83 bits per heavy atom. The number of rotatable bonds is 4. The van der Waals surface area contributed by atoms with Crippen molar-refractivity contribution < 1.29 is 9.18 Å². The number of carbonyl (C=O) groups excluding carboxylic acids is 1. The molecule has 3 aromatic rings. The third-order valence-corrected chi connectivity index (χ3v) is 7.30. The molecule has 1 aromatic heterocycles. The first-order valence-electron chi connectivity index (χ1n) is 10.5. The third kappa shape index (κ3) is 3.68. The smallest absolute Gasteiger partial charge is 0.257 e. The Morgan fingerprint density at radius 1 is 1.03 bits per heavy atom. The molecule has 0 spiro atoms. The van der Waals surface area contributed by atoms with E-state index in [-0.39, 0.29) is 17.5 Å². The summed E-state index contributed by atoms with van der Waals surface area (Å²) in [4.78, 5) is 17.7. The van der Waals surface area contributed by atoms with Crippen molar-refractivity contribution in [3.8, 4) is 0 Å². The Balaban J connectivity index is 1.40. The molecule has 5 heteroatoms. The number of halogens is 1. The van der Waals surface area contributed by atoms with E-state index in [0.717, 1.165) is 26.1 Å². The Hall–Kier alpha value is -2.50. The summed E-state index contributed by atoms with van der Waals surface area (Å²) >= 11 is 1.70. The second-order valence-electron chi connectivity index (χ2n) is 8.34. The van der Waals surface area contributed by atoms with Crippen molar-refractivity contribution in [1.82, 2.24) is 9.80 Å². The molecule has 3 heterocycles. The van der Waals surface area contributed by atoms with E-state index in [1.54, 1.807) is 29.5 Å². The number of nitrogens with zero attached hydrogens (tertiary/aromatic N) is 2. The molecule has 0 saturated carbocycles. The number of amides is 1. The molecule has 0 aliphatic carbocycles. The van der Waals surface area contributed by atoms with Crippen molar-refractivity contribution in [2.45, 2.75) is 24.9 Å². The number of carbonyl (C=O) groups is 1. The molecule has 2 aliphatic rings. The Kier molecular flexibility index (Phi) is 5.40.